The van der Waals surface area contributed by atoms with Crippen molar-refractivity contribution in [2.75, 3.05) is 0 Å². The van der Waals surface area contributed by atoms with Gasteiger partial charge in [-0.15, -0.1) is 0 Å². The van der Waals surface area contributed by atoms with Crippen molar-refractivity contribution in [3.63, 3.8) is 0 Å². The van der Waals surface area contributed by atoms with Crippen LogP contribution < -0.4 is 0 Å². The maximum absolute atomic E-state index is 8.52. The summed E-state index contributed by atoms with van der Waals surface area (Å²) in [7, 11) is -72.3. The van der Waals surface area contributed by atoms with E-state index >= 15 is 0 Å². The van der Waals surface area contributed by atoms with E-state index in [0.29, 0.717) is 0 Å². The van der Waals surface area contributed by atoms with Crippen molar-refractivity contribution in [3.8, 4) is 0 Å². The first-order chi connectivity index (χ1) is 28.0. The van der Waals surface area contributed by atoms with Crippen molar-refractivity contribution in [1.82, 2.24) is 0 Å². The first kappa shape index (κ1) is 185. The summed E-state index contributed by atoms with van der Waals surface area (Å²) in [6, 6.07) is 0. The number of rotatable bonds is 0. The Morgan fingerprint density at radius 2 is 0.0833 bits per heavy atom. The van der Waals surface area contributed by atoms with E-state index in [1.54, 1.807) is 0 Å². The van der Waals surface area contributed by atoms with Crippen molar-refractivity contribution in [2.45, 2.75) is 0 Å². The van der Waals surface area contributed by atoms with E-state index in [9.17, 15) is 0 Å². The molecule has 0 aromatic rings. The molecule has 0 fully saturated rings. The number of hydrogen-bond donors (Lipinski definition) is 0. The molecule has 84 heavy (non-hydrogen) atoms. The molecule has 0 aromatic carbocycles. The van der Waals surface area contributed by atoms with Crippen LogP contribution in [0.4, 0.5) is 0 Å². The topological polar surface area (TPSA) is 1120 Å². The zero-order chi connectivity index (χ0) is 63.0. The van der Waals surface area contributed by atoms with Crippen LogP contribution in [0, 0.1) is 0 Å². The summed E-state index contributed by atoms with van der Waals surface area (Å²) in [4.78, 5) is 0. The zero-order valence-electron chi connectivity index (χ0n) is 32.8. The second kappa shape index (κ2) is 84.5. The van der Waals surface area contributed by atoms with Crippen LogP contribution >= 0.6 is 0 Å². The van der Waals surface area contributed by atoms with E-state index in [4.69, 9.17) is 245 Å². The third-order valence-corrected chi connectivity index (χ3v) is 0. The summed E-state index contributed by atoms with van der Waals surface area (Å²) >= 11 is 0. The second-order valence-corrected chi connectivity index (χ2v) is 17.1. The summed E-state index contributed by atoms with van der Waals surface area (Å²) < 4.78 is 477. The van der Waals surface area contributed by atoms with Crippen LogP contribution in [0.25, 0.3) is 0 Å². The van der Waals surface area contributed by atoms with Gasteiger partial charge < -0.3 is 127 Å². The van der Waals surface area contributed by atoms with E-state index in [-0.39, 0.29) is 239 Å². The molecule has 0 bridgehead atoms. The van der Waals surface area contributed by atoms with Gasteiger partial charge in [0.1, 0.15) is 0 Å². The number of hydrogen-bond acceptors (Lipinski definition) is 56. The van der Waals surface area contributed by atoms with Crippen molar-refractivity contribution in [1.29, 1.82) is 0 Å². The van der Waals surface area contributed by atoms with Gasteiger partial charge in [0.25, 0.3) is 0 Å². The minimum Gasteiger partial charge on any atom is -0.759 e. The van der Waals surface area contributed by atoms with Crippen LogP contribution in [0.1, 0.15) is 0 Å². The third-order valence-electron chi connectivity index (χ3n) is 0. The van der Waals surface area contributed by atoms with Gasteiger partial charge in [-0.25, -0.2) is 0 Å². The molecule has 0 N–H and O–H groups in total. The molecular formula is Cu14O56S14. The van der Waals surface area contributed by atoms with E-state index in [1.807, 2.05) is 0 Å². The predicted octanol–water partition coefficient (Wildman–Crippen LogP) is -18.8. The van der Waals surface area contributed by atoms with Gasteiger partial charge in [0, 0.05) is 146 Å². The first-order valence-corrected chi connectivity index (χ1v) is 28.0. The minimum absolute atomic E-state index is 0. The van der Waals surface area contributed by atoms with Crippen molar-refractivity contribution < 1.29 is 484 Å². The van der Waals surface area contributed by atoms with Gasteiger partial charge in [0.15, 0.2) is 0 Å². The molecule has 14 radical (unpaired) electrons. The zero-order valence-corrected chi connectivity index (χ0v) is 57.4. The Labute approximate surface area is 621 Å². The molecule has 0 unspecified atom stereocenters. The molecule has 0 spiro atoms. The van der Waals surface area contributed by atoms with Crippen LogP contribution in [-0.4, -0.2) is 245 Å². The van der Waals surface area contributed by atoms with E-state index in [2.05, 4.69) is 0 Å². The predicted molar refractivity (Wildman–Crippen MR) is 147 cm³/mol. The quantitative estimate of drug-likeness (QED) is 0.123. The molecule has 0 saturated carbocycles. The van der Waals surface area contributed by atoms with Gasteiger partial charge in [0.05, 0.1) is 0 Å². The molecule has 0 aliphatic rings. The van der Waals surface area contributed by atoms with Crippen LogP contribution in [0.5, 0.6) is 0 Å². The Morgan fingerprint density at radius 3 is 0.0833 bits per heavy atom. The largest absolute Gasteiger partial charge is 2.00 e. The molecule has 0 amide bonds. The van der Waals surface area contributed by atoms with Gasteiger partial charge >= 0.3 is 239 Å². The van der Waals surface area contributed by atoms with Crippen LogP contribution in [0.15, 0.2) is 0 Å². The summed E-state index contributed by atoms with van der Waals surface area (Å²) in [6.45, 7) is 0. The Morgan fingerprint density at radius 1 is 0.0833 bits per heavy atom. The maximum Gasteiger partial charge on any atom is 2.00 e. The molecule has 0 rings (SSSR count). The molecule has 0 atom stereocenters. The normalized spacial score (nSPS) is 9.67. The fourth-order valence-electron chi connectivity index (χ4n) is 0. The van der Waals surface area contributed by atoms with Crippen molar-refractivity contribution in [2.24, 2.45) is 0 Å². The Hall–Kier alpha value is 5.45. The molecule has 0 aliphatic heterocycles. The van der Waals surface area contributed by atoms with Gasteiger partial charge in [-0.05, 0) is 0 Å². The van der Waals surface area contributed by atoms with Gasteiger partial charge in [-0.2, -0.15) is 0 Å². The Bertz CT molecular complexity index is 2070. The third kappa shape index (κ3) is 22000. The van der Waals surface area contributed by atoms with Gasteiger partial charge in [-0.1, -0.05) is 0 Å². The van der Waals surface area contributed by atoms with Crippen LogP contribution in [-0.2, 0) is 385 Å². The molecular weight excluding hydrogens is 2230 g/mol. The molecule has 0 heterocycles. The minimum atomic E-state index is -5.17. The van der Waals surface area contributed by atoms with E-state index < -0.39 is 146 Å². The van der Waals surface area contributed by atoms with Crippen LogP contribution in [0.3, 0.4) is 0 Å². The average molecular weight is 2230 g/mol. The average Bonchev–Trinajstić information content (AvgIpc) is 2.60. The second-order valence-electron chi connectivity index (χ2n) is 5.72. The molecule has 0 saturated heterocycles. The summed E-state index contributed by atoms with van der Waals surface area (Å²) in [5.41, 5.74) is 0. The molecule has 56 nitrogen and oxygen atoms in total. The molecule has 0 aliphatic carbocycles. The van der Waals surface area contributed by atoms with Crippen molar-refractivity contribution >= 4 is 146 Å². The smallest absolute Gasteiger partial charge is 0.759 e. The van der Waals surface area contributed by atoms with Crippen molar-refractivity contribution in [3.05, 3.63) is 0 Å². The summed E-state index contributed by atoms with van der Waals surface area (Å²) in [5, 5.41) is 0. The fraction of sp³-hybridized carbons (Fsp3) is 0. The monoisotopic (exact) mass is 2220 g/mol. The summed E-state index contributed by atoms with van der Waals surface area (Å²) in [6.07, 6.45) is 0. The summed E-state index contributed by atoms with van der Waals surface area (Å²) in [5.74, 6) is 0. The van der Waals surface area contributed by atoms with E-state index in [0.717, 1.165) is 0 Å². The van der Waals surface area contributed by atoms with E-state index in [1.165, 1.54) is 0 Å². The Balaban J connectivity index is -0.0000000153. The Kier molecular flexibility index (Phi) is 187. The van der Waals surface area contributed by atoms with Gasteiger partial charge in [-0.3, -0.25) is 118 Å². The first-order valence-electron chi connectivity index (χ1n) is 9.33. The fourth-order valence-corrected chi connectivity index (χ4v) is 0. The van der Waals surface area contributed by atoms with Crippen LogP contribution in [0.2, 0.25) is 0 Å². The molecule has 84 heteroatoms. The van der Waals surface area contributed by atoms with Gasteiger partial charge in [0.2, 0.25) is 0 Å². The maximum atomic E-state index is 8.52. The standard InChI is InChI=1S/14Cu.14H2O4S/c;;;;;;;;;;;;;;14*1-5(2,3)4/h;;;;;;;;;;;;;;14*(H2,1,2,3,4)/q14*+2;;;;;;;;;;;;;;/p-28. The molecule has 0 aromatic heterocycles. The molecule has 574 valence electrons. The SMILES string of the molecule is O=S(=O)([O-])[O-].O=S(=O)([O-])[O-].O=S(=O)([O-])[O-].O=S(=O)([O-])[O-].O=S(=O)([O-])[O-].O=S(=O)([O-])[O-].O=S(=O)([O-])[O-].O=S(=O)([O-])[O-].O=S(=O)([O-])[O-].O=S(=O)([O-])[O-].O=S(=O)([O-])[O-].O=S(=O)([O-])[O-].O=S(=O)([O-])[O-].O=S(=O)([O-])[O-].[Cu+2].[Cu+2].[Cu+2].[Cu+2].[Cu+2].[Cu+2].[Cu+2].[Cu+2].[Cu+2].[Cu+2].[Cu+2].[Cu+2].[Cu+2].[Cu+2].